The van der Waals surface area contributed by atoms with Crippen LogP contribution in [0.4, 0.5) is 0 Å². The van der Waals surface area contributed by atoms with Gasteiger partial charge in [-0.1, -0.05) is 30.3 Å². The van der Waals surface area contributed by atoms with Gasteiger partial charge in [-0.05, 0) is 30.3 Å². The summed E-state index contributed by atoms with van der Waals surface area (Å²) in [7, 11) is 2.97. The van der Waals surface area contributed by atoms with E-state index in [9.17, 15) is 14.4 Å². The van der Waals surface area contributed by atoms with Crippen molar-refractivity contribution >= 4 is 22.6 Å². The maximum atomic E-state index is 13.3. The third-order valence-electron chi connectivity index (χ3n) is 6.14. The summed E-state index contributed by atoms with van der Waals surface area (Å²) < 4.78 is 23.3. The lowest BCUT2D eigenvalue weighted by Crippen LogP contribution is -2.44. The predicted molar refractivity (Wildman–Crippen MR) is 142 cm³/mol. The van der Waals surface area contributed by atoms with E-state index in [1.807, 2.05) is 18.2 Å². The zero-order valence-electron chi connectivity index (χ0n) is 21.3. The Morgan fingerprint density at radius 1 is 0.974 bits per heavy atom. The van der Waals surface area contributed by atoms with E-state index in [0.717, 1.165) is 4.68 Å². The molecular formula is C28H26N4O7. The average molecular weight is 531 g/mol. The maximum absolute atomic E-state index is 13.3. The molecule has 0 radical (unpaired) electrons. The number of benzene rings is 3. The van der Waals surface area contributed by atoms with E-state index in [2.05, 4.69) is 15.7 Å². The molecule has 1 atom stereocenters. The molecule has 2 heterocycles. The normalized spacial score (nSPS) is 13.9. The van der Waals surface area contributed by atoms with E-state index in [1.54, 1.807) is 48.5 Å². The second-order valence-corrected chi connectivity index (χ2v) is 8.63. The largest absolute Gasteiger partial charge is 0.497 e. The first-order valence-electron chi connectivity index (χ1n) is 12.2. The van der Waals surface area contributed by atoms with E-state index in [-0.39, 0.29) is 36.9 Å². The number of aromatic nitrogens is 2. The Hall–Kier alpha value is -5.06. The first kappa shape index (κ1) is 25.6. The molecule has 0 unspecified atom stereocenters. The Kier molecular flexibility index (Phi) is 7.30. The first-order valence-corrected chi connectivity index (χ1v) is 12.2. The van der Waals surface area contributed by atoms with Gasteiger partial charge in [0.05, 0.1) is 32.7 Å². The quantitative estimate of drug-likeness (QED) is 0.354. The Bertz CT molecular complexity index is 1600. The molecule has 0 saturated carbocycles. The summed E-state index contributed by atoms with van der Waals surface area (Å²) >= 11 is 0. The van der Waals surface area contributed by atoms with Gasteiger partial charge in [0, 0.05) is 11.5 Å². The van der Waals surface area contributed by atoms with Gasteiger partial charge in [-0.2, -0.15) is 9.78 Å². The van der Waals surface area contributed by atoms with Crippen LogP contribution in [0.1, 0.15) is 10.5 Å². The molecular weight excluding hydrogens is 504 g/mol. The minimum atomic E-state index is -0.617. The van der Waals surface area contributed by atoms with Crippen molar-refractivity contribution in [3.8, 4) is 28.7 Å². The van der Waals surface area contributed by atoms with E-state index in [0.29, 0.717) is 34.1 Å². The summed E-state index contributed by atoms with van der Waals surface area (Å²) in [4.78, 5) is 39.0. The van der Waals surface area contributed by atoms with E-state index >= 15 is 0 Å². The van der Waals surface area contributed by atoms with Crippen LogP contribution in [0.25, 0.3) is 16.5 Å². The van der Waals surface area contributed by atoms with Crippen molar-refractivity contribution in [1.82, 2.24) is 20.4 Å². The average Bonchev–Trinajstić information content (AvgIpc) is 2.98. The fourth-order valence-corrected chi connectivity index (χ4v) is 4.18. The van der Waals surface area contributed by atoms with Gasteiger partial charge in [0.15, 0.2) is 17.2 Å². The lowest BCUT2D eigenvalue weighted by atomic mass is 10.1. The zero-order chi connectivity index (χ0) is 27.4. The summed E-state index contributed by atoms with van der Waals surface area (Å²) in [5.41, 5.74) is -0.117. The smallest absolute Gasteiger partial charge is 0.279 e. The third kappa shape index (κ3) is 5.33. The number of ether oxygens (including phenoxy) is 4. The van der Waals surface area contributed by atoms with Crippen LogP contribution >= 0.6 is 0 Å². The van der Waals surface area contributed by atoms with Crippen LogP contribution in [-0.4, -0.2) is 61.6 Å². The highest BCUT2D eigenvalue weighted by atomic mass is 16.6. The van der Waals surface area contributed by atoms with Crippen molar-refractivity contribution in [3.05, 3.63) is 82.8 Å². The molecule has 0 bridgehead atoms. The highest BCUT2D eigenvalue weighted by molar-refractivity contribution is 6.05. The van der Waals surface area contributed by atoms with Gasteiger partial charge in [-0.3, -0.25) is 14.4 Å². The van der Waals surface area contributed by atoms with Gasteiger partial charge in [-0.15, -0.1) is 0 Å². The molecule has 1 aliphatic heterocycles. The summed E-state index contributed by atoms with van der Waals surface area (Å²) in [6.45, 7) is 0.187. The molecule has 0 fully saturated rings. The SMILES string of the molecule is COc1ccc(-n2nc(C(=O)NCC(=O)NC[C@@H]3COc4ccccc4O3)c3ccccc3c2=O)c(OC)c1. The van der Waals surface area contributed by atoms with Crippen molar-refractivity contribution in [2.24, 2.45) is 0 Å². The molecule has 5 rings (SSSR count). The number of amides is 2. The first-order chi connectivity index (χ1) is 19.0. The number of para-hydroxylation sites is 2. The summed E-state index contributed by atoms with van der Waals surface area (Å²) in [5, 5.41) is 10.3. The Morgan fingerprint density at radius 2 is 1.72 bits per heavy atom. The lowest BCUT2D eigenvalue weighted by molar-refractivity contribution is -0.120. The van der Waals surface area contributed by atoms with Crippen molar-refractivity contribution < 1.29 is 28.5 Å². The van der Waals surface area contributed by atoms with Crippen LogP contribution in [0.2, 0.25) is 0 Å². The number of carbonyl (C=O) groups excluding carboxylic acids is 2. The number of carbonyl (C=O) groups is 2. The van der Waals surface area contributed by atoms with Gasteiger partial charge >= 0.3 is 0 Å². The topological polar surface area (TPSA) is 130 Å². The number of rotatable bonds is 8. The summed E-state index contributed by atoms with van der Waals surface area (Å²) in [5.74, 6) is 1.09. The third-order valence-corrected chi connectivity index (χ3v) is 6.14. The van der Waals surface area contributed by atoms with Crippen molar-refractivity contribution in [1.29, 1.82) is 0 Å². The molecule has 2 amide bonds. The second kappa shape index (κ2) is 11.1. The molecule has 0 spiro atoms. The van der Waals surface area contributed by atoms with Crippen molar-refractivity contribution in [2.75, 3.05) is 33.9 Å². The summed E-state index contributed by atoms with van der Waals surface area (Å²) in [6, 6.07) is 18.8. The lowest BCUT2D eigenvalue weighted by Gasteiger charge is -2.26. The molecule has 1 aliphatic rings. The molecule has 1 aromatic heterocycles. The van der Waals surface area contributed by atoms with Gasteiger partial charge in [0.25, 0.3) is 11.5 Å². The highest BCUT2D eigenvalue weighted by Gasteiger charge is 2.22. The molecule has 0 aliphatic carbocycles. The molecule has 3 aromatic carbocycles. The minimum absolute atomic E-state index is 0.0171. The van der Waals surface area contributed by atoms with Crippen LogP contribution < -0.4 is 35.1 Å². The number of methoxy groups -OCH3 is 2. The standard InChI is InChI=1S/C28H26N4O7/c1-36-17-11-12-21(24(13-17)37-2)32-28(35)20-8-4-3-7-19(20)26(31-32)27(34)30-15-25(33)29-14-18-16-38-22-9-5-6-10-23(22)39-18/h3-13,18H,14-16H2,1-2H3,(H,29,33)(H,30,34)/t18-/m1/s1. The van der Waals surface area contributed by atoms with E-state index in [1.165, 1.54) is 14.2 Å². The van der Waals surface area contributed by atoms with Crippen LogP contribution in [-0.2, 0) is 4.79 Å². The van der Waals surface area contributed by atoms with Crippen LogP contribution in [0.5, 0.6) is 23.0 Å². The monoisotopic (exact) mass is 530 g/mol. The van der Waals surface area contributed by atoms with Crippen molar-refractivity contribution in [3.63, 3.8) is 0 Å². The number of hydrogen-bond acceptors (Lipinski definition) is 8. The van der Waals surface area contributed by atoms with Crippen LogP contribution in [0, 0.1) is 0 Å². The predicted octanol–water partition coefficient (Wildman–Crippen LogP) is 2.09. The number of hydrogen-bond donors (Lipinski definition) is 2. The molecule has 39 heavy (non-hydrogen) atoms. The molecule has 200 valence electrons. The number of fused-ring (bicyclic) bond motifs is 2. The molecule has 0 saturated heterocycles. The maximum Gasteiger partial charge on any atom is 0.279 e. The minimum Gasteiger partial charge on any atom is -0.497 e. The highest BCUT2D eigenvalue weighted by Crippen LogP contribution is 2.30. The van der Waals surface area contributed by atoms with Gasteiger partial charge < -0.3 is 29.6 Å². The van der Waals surface area contributed by atoms with Gasteiger partial charge in [0.1, 0.15) is 29.9 Å². The molecule has 2 N–H and O–H groups in total. The van der Waals surface area contributed by atoms with Crippen LogP contribution in [0.3, 0.4) is 0 Å². The fraction of sp³-hybridized carbons (Fsp3) is 0.214. The summed E-state index contributed by atoms with van der Waals surface area (Å²) in [6.07, 6.45) is -0.367. The van der Waals surface area contributed by atoms with Gasteiger partial charge in [-0.25, -0.2) is 0 Å². The zero-order valence-corrected chi connectivity index (χ0v) is 21.3. The van der Waals surface area contributed by atoms with E-state index < -0.39 is 17.4 Å². The number of nitrogens with one attached hydrogen (secondary N) is 2. The van der Waals surface area contributed by atoms with Crippen LogP contribution in [0.15, 0.2) is 71.5 Å². The van der Waals surface area contributed by atoms with E-state index in [4.69, 9.17) is 18.9 Å². The van der Waals surface area contributed by atoms with Gasteiger partial charge in [0.2, 0.25) is 5.91 Å². The van der Waals surface area contributed by atoms with Crippen molar-refractivity contribution in [2.45, 2.75) is 6.10 Å². The Morgan fingerprint density at radius 3 is 2.49 bits per heavy atom. The number of nitrogens with zero attached hydrogens (tertiary/aromatic N) is 2. The fourth-order valence-electron chi connectivity index (χ4n) is 4.18. The Labute approximate surface area is 223 Å². The molecule has 11 heteroatoms. The molecule has 4 aromatic rings. The second-order valence-electron chi connectivity index (χ2n) is 8.63. The Balaban J connectivity index is 1.32. The molecule has 11 nitrogen and oxygen atoms in total.